The minimum absolute atomic E-state index is 0.0920. The Hall–Kier alpha value is -3.12. The summed E-state index contributed by atoms with van der Waals surface area (Å²) >= 11 is 6.34. The maximum Gasteiger partial charge on any atom is 0.225 e. The van der Waals surface area contributed by atoms with Crippen molar-refractivity contribution in [3.8, 4) is 11.5 Å². The summed E-state index contributed by atoms with van der Waals surface area (Å²) in [5, 5.41) is 11.1. The number of halogens is 1. The molecule has 7 heteroatoms. The molecular formula is C26H28ClN3O3. The summed E-state index contributed by atoms with van der Waals surface area (Å²) in [6.45, 7) is 8.62. The topological polar surface area (TPSA) is 73.3 Å². The quantitative estimate of drug-likeness (QED) is 0.491. The molecule has 1 amide bonds. The third-order valence-electron chi connectivity index (χ3n) is 5.90. The smallest absolute Gasteiger partial charge is 0.225 e. The van der Waals surface area contributed by atoms with Crippen molar-refractivity contribution in [3.05, 3.63) is 75.4 Å². The van der Waals surface area contributed by atoms with Gasteiger partial charge in [-0.15, -0.1) is 5.10 Å². The van der Waals surface area contributed by atoms with Gasteiger partial charge in [0.1, 0.15) is 23.7 Å². The highest BCUT2D eigenvalue weighted by Gasteiger charge is 2.32. The predicted molar refractivity (Wildman–Crippen MR) is 129 cm³/mol. The second kappa shape index (κ2) is 9.40. The summed E-state index contributed by atoms with van der Waals surface area (Å²) in [5.41, 5.74) is 5.12. The number of nitrogens with zero attached hydrogens (tertiary/aromatic N) is 2. The van der Waals surface area contributed by atoms with Gasteiger partial charge in [-0.05, 0) is 86.7 Å². The van der Waals surface area contributed by atoms with Crippen LogP contribution in [0.5, 0.6) is 11.5 Å². The molecule has 6 nitrogen and oxygen atoms in total. The number of hydrogen-bond acceptors (Lipinski definition) is 5. The standard InChI is InChI=1S/C26H28ClN3O3/c1-16-17(2)22(9-7-18(16)8-10-24(31)29-23-6-5-11-28-30-23)32-15-20-13-21(27)12-19-14-26(3,4)33-25(19)20/h5-7,9,11-13H,8,10,14-15H2,1-4H3,(H,29,30,31). The summed E-state index contributed by atoms with van der Waals surface area (Å²) in [7, 11) is 0. The second-order valence-electron chi connectivity index (χ2n) is 9.01. The third kappa shape index (κ3) is 5.45. The van der Waals surface area contributed by atoms with E-state index >= 15 is 0 Å². The van der Waals surface area contributed by atoms with Crippen LogP contribution in [0.4, 0.5) is 5.82 Å². The van der Waals surface area contributed by atoms with Gasteiger partial charge in [0.15, 0.2) is 5.82 Å². The molecule has 2 aromatic carbocycles. The molecule has 0 aliphatic carbocycles. The number of ether oxygens (including phenoxy) is 2. The van der Waals surface area contributed by atoms with E-state index in [-0.39, 0.29) is 11.5 Å². The maximum atomic E-state index is 12.2. The van der Waals surface area contributed by atoms with Crippen LogP contribution in [-0.2, 0) is 24.2 Å². The Balaban J connectivity index is 1.41. The van der Waals surface area contributed by atoms with Crippen LogP contribution in [0, 0.1) is 13.8 Å². The first-order valence-electron chi connectivity index (χ1n) is 11.0. The molecule has 3 aromatic rings. The van der Waals surface area contributed by atoms with Crippen molar-refractivity contribution >= 4 is 23.3 Å². The van der Waals surface area contributed by atoms with Gasteiger partial charge >= 0.3 is 0 Å². The number of fused-ring (bicyclic) bond motifs is 1. The lowest BCUT2D eigenvalue weighted by Crippen LogP contribution is -2.25. The fourth-order valence-corrected chi connectivity index (χ4v) is 4.37. The number of rotatable bonds is 7. The molecule has 0 spiro atoms. The molecule has 0 unspecified atom stereocenters. The van der Waals surface area contributed by atoms with E-state index in [0.29, 0.717) is 30.3 Å². The van der Waals surface area contributed by atoms with E-state index in [2.05, 4.69) is 36.3 Å². The van der Waals surface area contributed by atoms with Crippen LogP contribution in [0.15, 0.2) is 42.6 Å². The fourth-order valence-electron chi connectivity index (χ4n) is 4.11. The lowest BCUT2D eigenvalue weighted by Gasteiger charge is -2.19. The van der Waals surface area contributed by atoms with E-state index in [4.69, 9.17) is 21.1 Å². The Labute approximate surface area is 199 Å². The molecule has 0 bridgehead atoms. The van der Waals surface area contributed by atoms with Gasteiger partial charge in [-0.1, -0.05) is 17.7 Å². The predicted octanol–water partition coefficient (Wildman–Crippen LogP) is 5.61. The molecule has 33 heavy (non-hydrogen) atoms. The van der Waals surface area contributed by atoms with Gasteiger partial charge in [0.2, 0.25) is 5.91 Å². The summed E-state index contributed by atoms with van der Waals surface area (Å²) in [4.78, 5) is 12.2. The summed E-state index contributed by atoms with van der Waals surface area (Å²) in [6.07, 6.45) is 3.38. The minimum Gasteiger partial charge on any atom is -0.488 e. The number of anilines is 1. The zero-order valence-electron chi connectivity index (χ0n) is 19.4. The van der Waals surface area contributed by atoms with Crippen LogP contribution in [0.3, 0.4) is 0 Å². The summed E-state index contributed by atoms with van der Waals surface area (Å²) in [5.74, 6) is 2.06. The van der Waals surface area contributed by atoms with Gasteiger partial charge in [0.05, 0.1) is 0 Å². The lowest BCUT2D eigenvalue weighted by molar-refractivity contribution is -0.116. The largest absolute Gasteiger partial charge is 0.488 e. The number of nitrogens with one attached hydrogen (secondary N) is 1. The zero-order valence-corrected chi connectivity index (χ0v) is 20.1. The van der Waals surface area contributed by atoms with Crippen molar-refractivity contribution < 1.29 is 14.3 Å². The molecule has 172 valence electrons. The first-order chi connectivity index (χ1) is 15.7. The van der Waals surface area contributed by atoms with Gasteiger partial charge in [-0.2, -0.15) is 5.10 Å². The number of hydrogen-bond donors (Lipinski definition) is 1. The molecule has 0 saturated heterocycles. The molecule has 0 atom stereocenters. The zero-order chi connectivity index (χ0) is 23.6. The van der Waals surface area contributed by atoms with Gasteiger partial charge in [-0.3, -0.25) is 4.79 Å². The number of carbonyl (C=O) groups is 1. The van der Waals surface area contributed by atoms with Crippen LogP contribution in [-0.4, -0.2) is 21.7 Å². The van der Waals surface area contributed by atoms with E-state index < -0.39 is 0 Å². The minimum atomic E-state index is -0.241. The molecule has 0 fully saturated rings. The highest BCUT2D eigenvalue weighted by atomic mass is 35.5. The Morgan fingerprint density at radius 3 is 2.76 bits per heavy atom. The number of aromatic nitrogens is 2. The lowest BCUT2D eigenvalue weighted by atomic mass is 9.98. The first-order valence-corrected chi connectivity index (χ1v) is 11.4. The molecule has 1 aliphatic heterocycles. The molecule has 1 aromatic heterocycles. The van der Waals surface area contributed by atoms with E-state index in [1.165, 1.54) is 0 Å². The fraction of sp³-hybridized carbons (Fsp3) is 0.346. The van der Waals surface area contributed by atoms with E-state index in [0.717, 1.165) is 45.7 Å². The molecule has 1 aliphatic rings. The molecule has 0 saturated carbocycles. The Bertz CT molecular complexity index is 1180. The van der Waals surface area contributed by atoms with Crippen molar-refractivity contribution in [3.63, 3.8) is 0 Å². The van der Waals surface area contributed by atoms with Crippen LogP contribution in [0.1, 0.15) is 48.1 Å². The van der Waals surface area contributed by atoms with Crippen molar-refractivity contribution in [2.24, 2.45) is 0 Å². The third-order valence-corrected chi connectivity index (χ3v) is 6.11. The molecule has 1 N–H and O–H groups in total. The molecular weight excluding hydrogens is 438 g/mol. The highest BCUT2D eigenvalue weighted by molar-refractivity contribution is 6.30. The van der Waals surface area contributed by atoms with Crippen molar-refractivity contribution in [1.82, 2.24) is 10.2 Å². The van der Waals surface area contributed by atoms with Gasteiger partial charge in [0, 0.05) is 29.6 Å². The van der Waals surface area contributed by atoms with E-state index in [9.17, 15) is 4.79 Å². The average molecular weight is 466 g/mol. The maximum absolute atomic E-state index is 12.2. The van der Waals surface area contributed by atoms with Crippen LogP contribution >= 0.6 is 11.6 Å². The molecule has 4 rings (SSSR count). The molecule has 2 heterocycles. The van der Waals surface area contributed by atoms with E-state index in [1.807, 2.05) is 31.2 Å². The Morgan fingerprint density at radius 1 is 1.18 bits per heavy atom. The molecule has 0 radical (unpaired) electrons. The van der Waals surface area contributed by atoms with Crippen LogP contribution < -0.4 is 14.8 Å². The Morgan fingerprint density at radius 2 is 2.00 bits per heavy atom. The average Bonchev–Trinajstić information content (AvgIpc) is 3.08. The van der Waals surface area contributed by atoms with Gasteiger partial charge in [-0.25, -0.2) is 0 Å². The number of carbonyl (C=O) groups excluding carboxylic acids is 1. The van der Waals surface area contributed by atoms with Crippen molar-refractivity contribution in [2.75, 3.05) is 5.32 Å². The summed E-state index contributed by atoms with van der Waals surface area (Å²) < 4.78 is 12.3. The van der Waals surface area contributed by atoms with Crippen molar-refractivity contribution in [1.29, 1.82) is 0 Å². The van der Waals surface area contributed by atoms with Gasteiger partial charge < -0.3 is 14.8 Å². The number of aryl methyl sites for hydroxylation is 1. The highest BCUT2D eigenvalue weighted by Crippen LogP contribution is 2.40. The van der Waals surface area contributed by atoms with Crippen LogP contribution in [0.25, 0.3) is 0 Å². The van der Waals surface area contributed by atoms with Gasteiger partial charge in [0.25, 0.3) is 0 Å². The monoisotopic (exact) mass is 465 g/mol. The second-order valence-corrected chi connectivity index (χ2v) is 9.45. The first kappa shape index (κ1) is 23.1. The normalized spacial score (nSPS) is 13.8. The summed E-state index contributed by atoms with van der Waals surface area (Å²) in [6, 6.07) is 11.3. The van der Waals surface area contributed by atoms with E-state index in [1.54, 1.807) is 18.3 Å². The number of amides is 1. The van der Waals surface area contributed by atoms with Crippen molar-refractivity contribution in [2.45, 2.75) is 59.2 Å². The number of benzene rings is 2. The SMILES string of the molecule is Cc1c(CCC(=O)Nc2cccnn2)ccc(OCc2cc(Cl)cc3c2OC(C)(C)C3)c1C. The Kier molecular flexibility index (Phi) is 6.56. The van der Waals surface area contributed by atoms with Crippen LogP contribution in [0.2, 0.25) is 5.02 Å².